The molecule has 20 heavy (non-hydrogen) atoms. The number of nitriles is 2. The minimum atomic E-state index is -0.232. The van der Waals surface area contributed by atoms with Gasteiger partial charge in [-0.25, -0.2) is 4.98 Å². The minimum Gasteiger partial charge on any atom is -0.347 e. The zero-order chi connectivity index (χ0) is 14.5. The number of amides is 1. The molecule has 100 valence electrons. The lowest BCUT2D eigenvalue weighted by Gasteiger charge is -2.12. The highest BCUT2D eigenvalue weighted by atomic mass is 32.1. The molecule has 7 heteroatoms. The van der Waals surface area contributed by atoms with Gasteiger partial charge in [0.15, 0.2) is 11.4 Å². The molecule has 0 saturated carbocycles. The van der Waals surface area contributed by atoms with E-state index in [2.05, 4.69) is 10.3 Å². The Morgan fingerprint density at radius 1 is 1.55 bits per heavy atom. The molecule has 0 aliphatic carbocycles. The molecule has 0 spiro atoms. The smallest absolute Gasteiger partial charge is 0.240 e. The number of aromatic nitrogens is 2. The third kappa shape index (κ3) is 2.85. The first-order valence-corrected chi connectivity index (χ1v) is 6.71. The van der Waals surface area contributed by atoms with Crippen molar-refractivity contribution in [2.75, 3.05) is 0 Å². The highest BCUT2D eigenvalue weighted by Crippen LogP contribution is 2.18. The second-order valence-corrected chi connectivity index (χ2v) is 5.08. The van der Waals surface area contributed by atoms with E-state index in [9.17, 15) is 4.79 Å². The number of thiophene rings is 1. The Kier molecular flexibility index (Phi) is 4.14. The van der Waals surface area contributed by atoms with Crippen molar-refractivity contribution >= 4 is 17.2 Å². The third-order valence-electron chi connectivity index (χ3n) is 2.71. The molecule has 2 aromatic rings. The first kappa shape index (κ1) is 13.8. The second-order valence-electron chi connectivity index (χ2n) is 4.10. The number of carbonyl (C=O) groups excluding carboxylic acids is 1. The van der Waals surface area contributed by atoms with Crippen molar-refractivity contribution in [3.05, 3.63) is 40.1 Å². The maximum Gasteiger partial charge on any atom is 0.240 e. The van der Waals surface area contributed by atoms with Crippen LogP contribution in [0.2, 0.25) is 0 Å². The summed E-state index contributed by atoms with van der Waals surface area (Å²) in [6.07, 6.45) is 1.33. The maximum atomic E-state index is 11.9. The molecule has 1 unspecified atom stereocenters. The number of imidazole rings is 1. The van der Waals surface area contributed by atoms with Gasteiger partial charge in [-0.15, -0.1) is 11.3 Å². The van der Waals surface area contributed by atoms with Crippen LogP contribution in [0.3, 0.4) is 0 Å². The Labute approximate surface area is 119 Å². The zero-order valence-corrected chi connectivity index (χ0v) is 11.5. The van der Waals surface area contributed by atoms with E-state index >= 15 is 0 Å². The van der Waals surface area contributed by atoms with Crippen molar-refractivity contribution < 1.29 is 4.79 Å². The van der Waals surface area contributed by atoms with Crippen LogP contribution in [0.1, 0.15) is 29.2 Å². The Morgan fingerprint density at radius 3 is 2.95 bits per heavy atom. The SMILES string of the molecule is CC(NC(=O)Cn1cnc(C#N)c1C#N)c1cccs1. The van der Waals surface area contributed by atoms with Gasteiger partial charge in [0.2, 0.25) is 5.91 Å². The number of nitrogens with one attached hydrogen (secondary N) is 1. The van der Waals surface area contributed by atoms with E-state index in [4.69, 9.17) is 10.5 Å². The third-order valence-corrected chi connectivity index (χ3v) is 3.77. The molecule has 1 amide bonds. The molecular weight excluding hydrogens is 274 g/mol. The zero-order valence-electron chi connectivity index (χ0n) is 10.7. The monoisotopic (exact) mass is 285 g/mol. The molecule has 0 radical (unpaired) electrons. The summed E-state index contributed by atoms with van der Waals surface area (Å²) in [5.41, 5.74) is 0.137. The van der Waals surface area contributed by atoms with Gasteiger partial charge < -0.3 is 9.88 Å². The summed E-state index contributed by atoms with van der Waals surface area (Å²) >= 11 is 1.57. The van der Waals surface area contributed by atoms with Crippen LogP contribution in [0, 0.1) is 22.7 Å². The first-order valence-electron chi connectivity index (χ1n) is 5.83. The number of rotatable bonds is 4. The van der Waals surface area contributed by atoms with Crippen LogP contribution in [-0.2, 0) is 11.3 Å². The van der Waals surface area contributed by atoms with Crippen LogP contribution in [0.5, 0.6) is 0 Å². The van der Waals surface area contributed by atoms with E-state index in [1.54, 1.807) is 11.3 Å². The Morgan fingerprint density at radius 2 is 2.35 bits per heavy atom. The van der Waals surface area contributed by atoms with E-state index in [1.165, 1.54) is 10.9 Å². The molecule has 0 aliphatic heterocycles. The summed E-state index contributed by atoms with van der Waals surface area (Å²) in [5, 5.41) is 22.5. The van der Waals surface area contributed by atoms with Crippen molar-refractivity contribution in [3.8, 4) is 12.1 Å². The summed E-state index contributed by atoms with van der Waals surface area (Å²) in [7, 11) is 0. The van der Waals surface area contributed by atoms with Gasteiger partial charge in [0, 0.05) is 4.88 Å². The van der Waals surface area contributed by atoms with Gasteiger partial charge in [0.1, 0.15) is 18.7 Å². The lowest BCUT2D eigenvalue weighted by atomic mass is 10.2. The highest BCUT2D eigenvalue weighted by molar-refractivity contribution is 7.10. The Hall–Kier alpha value is -2.64. The van der Waals surface area contributed by atoms with Crippen LogP contribution in [0.4, 0.5) is 0 Å². The highest BCUT2D eigenvalue weighted by Gasteiger charge is 2.15. The Bertz CT molecular complexity index is 689. The largest absolute Gasteiger partial charge is 0.347 e. The number of hydrogen-bond acceptors (Lipinski definition) is 5. The first-order chi connectivity index (χ1) is 9.65. The second kappa shape index (κ2) is 6.00. The van der Waals surface area contributed by atoms with Crippen LogP contribution in [-0.4, -0.2) is 15.5 Å². The number of nitrogens with zero attached hydrogens (tertiary/aromatic N) is 4. The lowest BCUT2D eigenvalue weighted by molar-refractivity contribution is -0.122. The molecular formula is C13H11N5OS. The Balaban J connectivity index is 2.04. The van der Waals surface area contributed by atoms with Crippen molar-refractivity contribution in [1.29, 1.82) is 10.5 Å². The predicted octanol–water partition coefficient (Wildman–Crippen LogP) is 1.57. The number of carbonyl (C=O) groups is 1. The molecule has 1 atom stereocenters. The summed E-state index contributed by atoms with van der Waals surface area (Å²) in [6, 6.07) is 7.48. The molecule has 6 nitrogen and oxygen atoms in total. The van der Waals surface area contributed by atoms with Gasteiger partial charge in [-0.2, -0.15) is 10.5 Å². The summed E-state index contributed by atoms with van der Waals surface area (Å²) in [6.45, 7) is 1.86. The van der Waals surface area contributed by atoms with Gasteiger partial charge in [-0.1, -0.05) is 6.07 Å². The number of hydrogen-bond donors (Lipinski definition) is 1. The topological polar surface area (TPSA) is 94.5 Å². The predicted molar refractivity (Wildman–Crippen MR) is 72.5 cm³/mol. The van der Waals surface area contributed by atoms with Crippen molar-refractivity contribution in [3.63, 3.8) is 0 Å². The fraction of sp³-hybridized carbons (Fsp3) is 0.231. The molecule has 0 bridgehead atoms. The standard InChI is InChI=1S/C13H11N5OS/c1-9(12-3-2-4-20-12)17-13(19)7-18-8-16-10(5-14)11(18)6-15/h2-4,8-9H,7H2,1H3,(H,17,19). The quantitative estimate of drug-likeness (QED) is 0.922. The molecule has 2 aromatic heterocycles. The van der Waals surface area contributed by atoms with Crippen LogP contribution < -0.4 is 5.32 Å². The molecule has 0 saturated heterocycles. The van der Waals surface area contributed by atoms with Crippen molar-refractivity contribution in [2.24, 2.45) is 0 Å². The summed E-state index contributed by atoms with van der Waals surface area (Å²) in [5.74, 6) is -0.232. The van der Waals surface area contributed by atoms with Gasteiger partial charge in [-0.3, -0.25) is 4.79 Å². The van der Waals surface area contributed by atoms with E-state index in [0.717, 1.165) is 4.88 Å². The lowest BCUT2D eigenvalue weighted by Crippen LogP contribution is -2.29. The molecule has 0 aliphatic rings. The summed E-state index contributed by atoms with van der Waals surface area (Å²) < 4.78 is 1.37. The van der Waals surface area contributed by atoms with Gasteiger partial charge in [-0.05, 0) is 18.4 Å². The molecule has 0 aromatic carbocycles. The average Bonchev–Trinajstić information content (AvgIpc) is 3.07. The molecule has 1 N–H and O–H groups in total. The van der Waals surface area contributed by atoms with E-state index in [-0.39, 0.29) is 29.9 Å². The normalized spacial score (nSPS) is 11.3. The van der Waals surface area contributed by atoms with Gasteiger partial charge >= 0.3 is 0 Å². The van der Waals surface area contributed by atoms with Gasteiger partial charge in [0.05, 0.1) is 12.4 Å². The van der Waals surface area contributed by atoms with Crippen LogP contribution in [0.15, 0.2) is 23.8 Å². The van der Waals surface area contributed by atoms with Crippen molar-refractivity contribution in [1.82, 2.24) is 14.9 Å². The minimum absolute atomic E-state index is 0.0339. The van der Waals surface area contributed by atoms with Crippen molar-refractivity contribution in [2.45, 2.75) is 19.5 Å². The van der Waals surface area contributed by atoms with Gasteiger partial charge in [0.25, 0.3) is 0 Å². The molecule has 2 heterocycles. The molecule has 0 fully saturated rings. The fourth-order valence-electron chi connectivity index (χ4n) is 1.75. The maximum absolute atomic E-state index is 11.9. The van der Waals surface area contributed by atoms with Crippen LogP contribution >= 0.6 is 11.3 Å². The summed E-state index contributed by atoms with van der Waals surface area (Å²) in [4.78, 5) is 16.8. The average molecular weight is 285 g/mol. The fourth-order valence-corrected chi connectivity index (χ4v) is 2.49. The van der Waals surface area contributed by atoms with Crippen LogP contribution in [0.25, 0.3) is 0 Å². The van der Waals surface area contributed by atoms with E-state index in [0.29, 0.717) is 0 Å². The molecule has 2 rings (SSSR count). The van der Waals surface area contributed by atoms with E-state index < -0.39 is 0 Å². The van der Waals surface area contributed by atoms with E-state index in [1.807, 2.05) is 36.6 Å².